The summed E-state index contributed by atoms with van der Waals surface area (Å²) < 4.78 is 5.94. The van der Waals surface area contributed by atoms with Gasteiger partial charge in [-0.25, -0.2) is 0 Å². The topological polar surface area (TPSA) is 54.5 Å². The van der Waals surface area contributed by atoms with Gasteiger partial charge in [-0.05, 0) is 63.1 Å². The number of amides is 1. The summed E-state index contributed by atoms with van der Waals surface area (Å²) in [5.74, 6) is 0.787. The average molecular weight is 355 g/mol. The normalized spacial score (nSPS) is 11.7. The number of aromatic nitrogens is 1. The van der Waals surface area contributed by atoms with Gasteiger partial charge in [0.25, 0.3) is 5.91 Å². The molecule has 1 amide bonds. The molecule has 1 aromatic carbocycles. The Bertz CT molecular complexity index is 704. The van der Waals surface area contributed by atoms with Crippen molar-refractivity contribution < 1.29 is 9.53 Å². The molecule has 0 spiro atoms. The van der Waals surface area contributed by atoms with E-state index in [1.807, 2.05) is 49.1 Å². The number of benzene rings is 1. The summed E-state index contributed by atoms with van der Waals surface area (Å²) in [7, 11) is 0. The second-order valence-corrected chi connectivity index (χ2v) is 6.51. The van der Waals surface area contributed by atoms with Gasteiger partial charge in [-0.2, -0.15) is 0 Å². The number of anilines is 1. The predicted molar refractivity (Wildman–Crippen MR) is 106 cm³/mol. The van der Waals surface area contributed by atoms with Crippen LogP contribution >= 0.6 is 0 Å². The summed E-state index contributed by atoms with van der Waals surface area (Å²) in [4.78, 5) is 18.6. The summed E-state index contributed by atoms with van der Waals surface area (Å²) in [6.45, 7) is 10.1. The Labute approximate surface area is 156 Å². The number of nitrogens with zero attached hydrogens (tertiary/aromatic N) is 2. The molecule has 2 aromatic rings. The minimum Gasteiger partial charge on any atom is -0.491 e. The van der Waals surface area contributed by atoms with Crippen molar-refractivity contribution in [1.82, 2.24) is 9.88 Å². The second-order valence-electron chi connectivity index (χ2n) is 6.51. The Morgan fingerprint density at radius 3 is 2.62 bits per heavy atom. The maximum atomic E-state index is 12.7. The quantitative estimate of drug-likeness (QED) is 0.734. The van der Waals surface area contributed by atoms with Crippen LogP contribution in [-0.4, -0.2) is 41.5 Å². The van der Waals surface area contributed by atoms with Crippen LogP contribution in [0.4, 0.5) is 5.69 Å². The van der Waals surface area contributed by atoms with Crippen LogP contribution in [0.3, 0.4) is 0 Å². The first kappa shape index (κ1) is 19.8. The first-order valence-corrected chi connectivity index (χ1v) is 9.23. The zero-order valence-corrected chi connectivity index (χ0v) is 16.2. The first-order valence-electron chi connectivity index (χ1n) is 9.23. The summed E-state index contributed by atoms with van der Waals surface area (Å²) in [6.07, 6.45) is 4.46. The minimum absolute atomic E-state index is 0.0610. The molecule has 140 valence electrons. The van der Waals surface area contributed by atoms with Gasteiger partial charge in [0.15, 0.2) is 0 Å². The van der Waals surface area contributed by atoms with Gasteiger partial charge < -0.3 is 15.0 Å². The van der Waals surface area contributed by atoms with E-state index in [0.717, 1.165) is 30.0 Å². The van der Waals surface area contributed by atoms with Gasteiger partial charge >= 0.3 is 0 Å². The van der Waals surface area contributed by atoms with E-state index in [0.29, 0.717) is 18.7 Å². The Balaban J connectivity index is 2.01. The van der Waals surface area contributed by atoms with E-state index in [4.69, 9.17) is 4.74 Å². The van der Waals surface area contributed by atoms with Crippen LogP contribution in [0.25, 0.3) is 0 Å². The third-order valence-electron chi connectivity index (χ3n) is 4.05. The monoisotopic (exact) mass is 355 g/mol. The highest BCUT2D eigenvalue weighted by atomic mass is 16.5. The zero-order valence-electron chi connectivity index (χ0n) is 16.2. The van der Waals surface area contributed by atoms with Crippen LogP contribution in [0.1, 0.15) is 43.1 Å². The number of ether oxygens (including phenoxy) is 1. The highest BCUT2D eigenvalue weighted by Gasteiger charge is 2.15. The smallest absolute Gasteiger partial charge is 0.253 e. The van der Waals surface area contributed by atoms with Crippen molar-refractivity contribution in [2.75, 3.05) is 25.0 Å². The molecule has 0 radical (unpaired) electrons. The van der Waals surface area contributed by atoms with Gasteiger partial charge in [0.1, 0.15) is 12.4 Å². The van der Waals surface area contributed by atoms with Crippen LogP contribution < -0.4 is 10.1 Å². The fourth-order valence-corrected chi connectivity index (χ4v) is 2.81. The Kier molecular flexibility index (Phi) is 7.45. The van der Waals surface area contributed by atoms with E-state index < -0.39 is 0 Å². The van der Waals surface area contributed by atoms with Gasteiger partial charge in [-0.1, -0.05) is 6.92 Å². The Hall–Kier alpha value is -2.56. The van der Waals surface area contributed by atoms with Gasteiger partial charge in [-0.3, -0.25) is 9.78 Å². The van der Waals surface area contributed by atoms with E-state index in [9.17, 15) is 4.79 Å². The third kappa shape index (κ3) is 5.76. The van der Waals surface area contributed by atoms with E-state index in [1.54, 1.807) is 12.4 Å². The molecule has 1 N–H and O–H groups in total. The number of pyridine rings is 1. The van der Waals surface area contributed by atoms with Gasteiger partial charge in [0, 0.05) is 36.7 Å². The molecule has 0 fully saturated rings. The lowest BCUT2D eigenvalue weighted by molar-refractivity contribution is 0.0764. The van der Waals surface area contributed by atoms with E-state index in [-0.39, 0.29) is 11.9 Å². The van der Waals surface area contributed by atoms with Crippen molar-refractivity contribution in [3.05, 3.63) is 53.9 Å². The number of carbonyl (C=O) groups is 1. The van der Waals surface area contributed by atoms with Crippen LogP contribution in [0.15, 0.2) is 42.7 Å². The molecule has 2 rings (SSSR count). The Morgan fingerprint density at radius 1 is 1.23 bits per heavy atom. The standard InChI is InChI=1S/C21H29N3O2/c1-5-11-24(6-2)21(25)18-12-16(3)13-20(14-18)26-15-17(4)23-19-7-9-22-10-8-19/h7-10,12-14,17H,5-6,11,15H2,1-4H3,(H,22,23)/t17-/m0/s1. The molecule has 5 heteroatoms. The molecule has 0 aliphatic heterocycles. The fraction of sp³-hybridized carbons (Fsp3) is 0.429. The molecular weight excluding hydrogens is 326 g/mol. The Morgan fingerprint density at radius 2 is 1.96 bits per heavy atom. The summed E-state index contributed by atoms with van der Waals surface area (Å²) in [5.41, 5.74) is 2.72. The van der Waals surface area contributed by atoms with Crippen molar-refractivity contribution in [2.24, 2.45) is 0 Å². The number of nitrogens with one attached hydrogen (secondary N) is 1. The van der Waals surface area contributed by atoms with Crippen LogP contribution in [0, 0.1) is 6.92 Å². The van der Waals surface area contributed by atoms with Crippen molar-refractivity contribution in [2.45, 2.75) is 40.2 Å². The second kappa shape index (κ2) is 9.80. The zero-order chi connectivity index (χ0) is 18.9. The van der Waals surface area contributed by atoms with Gasteiger partial charge in [-0.15, -0.1) is 0 Å². The lowest BCUT2D eigenvalue weighted by Crippen LogP contribution is -2.31. The molecular formula is C21H29N3O2. The van der Waals surface area contributed by atoms with E-state index >= 15 is 0 Å². The molecule has 1 heterocycles. The van der Waals surface area contributed by atoms with Gasteiger partial charge in [0.2, 0.25) is 0 Å². The maximum absolute atomic E-state index is 12.7. The highest BCUT2D eigenvalue weighted by molar-refractivity contribution is 5.94. The van der Waals surface area contributed by atoms with E-state index in [1.165, 1.54) is 0 Å². The van der Waals surface area contributed by atoms with Gasteiger partial charge in [0.05, 0.1) is 6.04 Å². The third-order valence-corrected chi connectivity index (χ3v) is 4.05. The average Bonchev–Trinajstić information content (AvgIpc) is 2.64. The largest absolute Gasteiger partial charge is 0.491 e. The van der Waals surface area contributed by atoms with Crippen molar-refractivity contribution in [1.29, 1.82) is 0 Å². The van der Waals surface area contributed by atoms with Crippen molar-refractivity contribution in [3.63, 3.8) is 0 Å². The molecule has 0 saturated heterocycles. The number of hydrogen-bond donors (Lipinski definition) is 1. The fourth-order valence-electron chi connectivity index (χ4n) is 2.81. The molecule has 1 atom stereocenters. The van der Waals surface area contributed by atoms with Crippen molar-refractivity contribution >= 4 is 11.6 Å². The minimum atomic E-state index is 0.0610. The molecule has 0 bridgehead atoms. The number of hydrogen-bond acceptors (Lipinski definition) is 4. The molecule has 1 aromatic heterocycles. The molecule has 0 aliphatic rings. The van der Waals surface area contributed by atoms with Crippen LogP contribution in [0.2, 0.25) is 0 Å². The van der Waals surface area contributed by atoms with E-state index in [2.05, 4.69) is 24.1 Å². The number of aryl methyl sites for hydroxylation is 1. The molecule has 5 nitrogen and oxygen atoms in total. The summed E-state index contributed by atoms with van der Waals surface area (Å²) in [5, 5.41) is 3.37. The summed E-state index contributed by atoms with van der Waals surface area (Å²) >= 11 is 0. The SMILES string of the molecule is CCCN(CC)C(=O)c1cc(C)cc(OC[C@H](C)Nc2ccncc2)c1. The number of carbonyl (C=O) groups excluding carboxylic acids is 1. The highest BCUT2D eigenvalue weighted by Crippen LogP contribution is 2.19. The predicted octanol–water partition coefficient (Wildman–Crippen LogP) is 4.14. The molecule has 0 unspecified atom stereocenters. The van der Waals surface area contributed by atoms with Crippen molar-refractivity contribution in [3.8, 4) is 5.75 Å². The lowest BCUT2D eigenvalue weighted by Gasteiger charge is -2.21. The maximum Gasteiger partial charge on any atom is 0.253 e. The first-order chi connectivity index (χ1) is 12.5. The summed E-state index contributed by atoms with van der Waals surface area (Å²) in [6, 6.07) is 9.70. The molecule has 26 heavy (non-hydrogen) atoms. The number of rotatable bonds is 9. The lowest BCUT2D eigenvalue weighted by atomic mass is 10.1. The van der Waals surface area contributed by atoms with Crippen LogP contribution in [0.5, 0.6) is 5.75 Å². The molecule has 0 aliphatic carbocycles. The van der Waals surface area contributed by atoms with Crippen LogP contribution in [-0.2, 0) is 0 Å². The molecule has 0 saturated carbocycles.